The first-order chi connectivity index (χ1) is 12.0. The van der Waals surface area contributed by atoms with E-state index in [-0.39, 0.29) is 11.8 Å². The van der Waals surface area contributed by atoms with E-state index in [0.717, 1.165) is 0 Å². The second-order valence-electron chi connectivity index (χ2n) is 5.10. The summed E-state index contributed by atoms with van der Waals surface area (Å²) in [6.45, 7) is 3.91. The molecule has 2 amide bonds. The number of methoxy groups -OCH3 is 1. The quantitative estimate of drug-likeness (QED) is 0.626. The molecular weight excluding hydrogens is 320 g/mol. The normalized spacial score (nSPS) is 9.80. The highest BCUT2D eigenvalue weighted by atomic mass is 16.5. The number of nitrogens with one attached hydrogen (secondary N) is 2. The zero-order valence-electron chi connectivity index (χ0n) is 13.7. The second kappa shape index (κ2) is 8.44. The average molecular weight is 338 g/mol. The number of rotatable bonds is 6. The van der Waals surface area contributed by atoms with Crippen LogP contribution in [-0.2, 0) is 4.74 Å². The Labute approximate surface area is 145 Å². The molecule has 0 atom stereocenters. The Hall–Kier alpha value is -3.41. The maximum Gasteiger partial charge on any atom is 0.337 e. The molecule has 0 aliphatic rings. The molecule has 0 heterocycles. The Kier molecular flexibility index (Phi) is 6.06. The molecule has 2 N–H and O–H groups in total. The molecule has 0 aliphatic carbocycles. The van der Waals surface area contributed by atoms with Crippen LogP contribution >= 0.6 is 0 Å². The van der Waals surface area contributed by atoms with Crippen LogP contribution in [0.4, 0.5) is 5.69 Å². The highest BCUT2D eigenvalue weighted by Crippen LogP contribution is 2.13. The van der Waals surface area contributed by atoms with E-state index in [1.807, 2.05) is 0 Å². The molecular formula is C19H18N2O4. The number of anilines is 1. The van der Waals surface area contributed by atoms with Crippen LogP contribution in [0.5, 0.6) is 0 Å². The minimum Gasteiger partial charge on any atom is -0.465 e. The Balaban J connectivity index is 2.02. The Morgan fingerprint density at radius 3 is 1.96 bits per heavy atom. The van der Waals surface area contributed by atoms with Gasteiger partial charge in [-0.25, -0.2) is 4.79 Å². The number of carbonyl (C=O) groups excluding carboxylic acids is 3. The van der Waals surface area contributed by atoms with Crippen LogP contribution in [0.15, 0.2) is 61.2 Å². The first-order valence-corrected chi connectivity index (χ1v) is 7.54. The van der Waals surface area contributed by atoms with Gasteiger partial charge in [-0.05, 0) is 48.5 Å². The van der Waals surface area contributed by atoms with Gasteiger partial charge in [0.05, 0.1) is 12.7 Å². The summed E-state index contributed by atoms with van der Waals surface area (Å²) in [7, 11) is 1.30. The first kappa shape index (κ1) is 17.9. The summed E-state index contributed by atoms with van der Waals surface area (Å²) < 4.78 is 4.62. The van der Waals surface area contributed by atoms with Crippen LogP contribution in [0.3, 0.4) is 0 Å². The van der Waals surface area contributed by atoms with E-state index in [9.17, 15) is 14.4 Å². The number of benzene rings is 2. The maximum absolute atomic E-state index is 12.2. The van der Waals surface area contributed by atoms with Crippen LogP contribution in [0.25, 0.3) is 0 Å². The van der Waals surface area contributed by atoms with Gasteiger partial charge in [0.25, 0.3) is 11.8 Å². The van der Waals surface area contributed by atoms with Crippen molar-refractivity contribution in [1.29, 1.82) is 0 Å². The summed E-state index contributed by atoms with van der Waals surface area (Å²) in [5, 5.41) is 5.38. The van der Waals surface area contributed by atoms with Crippen molar-refractivity contribution in [2.45, 2.75) is 0 Å². The SMILES string of the molecule is C=CCNC(=O)c1ccc(C(=O)Nc2ccc(C(=O)OC)cc2)cc1. The molecule has 25 heavy (non-hydrogen) atoms. The monoisotopic (exact) mass is 338 g/mol. The predicted molar refractivity (Wildman–Crippen MR) is 94.7 cm³/mol. The third-order valence-corrected chi connectivity index (χ3v) is 3.38. The van der Waals surface area contributed by atoms with E-state index in [2.05, 4.69) is 21.9 Å². The van der Waals surface area contributed by atoms with Crippen molar-refractivity contribution in [3.63, 3.8) is 0 Å². The third kappa shape index (κ3) is 4.78. The average Bonchev–Trinajstić information content (AvgIpc) is 2.66. The first-order valence-electron chi connectivity index (χ1n) is 7.54. The van der Waals surface area contributed by atoms with Gasteiger partial charge in [0.15, 0.2) is 0 Å². The minimum absolute atomic E-state index is 0.231. The number of esters is 1. The van der Waals surface area contributed by atoms with Crippen LogP contribution in [0.1, 0.15) is 31.1 Å². The molecule has 0 aliphatic heterocycles. The van der Waals surface area contributed by atoms with Crippen molar-refractivity contribution in [3.8, 4) is 0 Å². The Morgan fingerprint density at radius 1 is 0.920 bits per heavy atom. The highest BCUT2D eigenvalue weighted by Gasteiger charge is 2.10. The lowest BCUT2D eigenvalue weighted by atomic mass is 10.1. The van der Waals surface area contributed by atoms with Crippen molar-refractivity contribution in [2.24, 2.45) is 0 Å². The zero-order valence-corrected chi connectivity index (χ0v) is 13.7. The highest BCUT2D eigenvalue weighted by molar-refractivity contribution is 6.05. The van der Waals surface area contributed by atoms with Crippen molar-refractivity contribution in [2.75, 3.05) is 19.0 Å². The van der Waals surface area contributed by atoms with Gasteiger partial charge in [0.1, 0.15) is 0 Å². The lowest BCUT2D eigenvalue weighted by Gasteiger charge is -2.07. The summed E-state index contributed by atoms with van der Waals surface area (Å²) in [5.41, 5.74) is 1.82. The van der Waals surface area contributed by atoms with Crippen LogP contribution in [-0.4, -0.2) is 31.4 Å². The van der Waals surface area contributed by atoms with Gasteiger partial charge in [0, 0.05) is 23.4 Å². The number of hydrogen-bond acceptors (Lipinski definition) is 4. The molecule has 0 aromatic heterocycles. The molecule has 0 fully saturated rings. The van der Waals surface area contributed by atoms with Gasteiger partial charge in [-0.15, -0.1) is 6.58 Å². The molecule has 2 aromatic carbocycles. The van der Waals surface area contributed by atoms with E-state index < -0.39 is 5.97 Å². The Bertz CT molecular complexity index is 780. The topological polar surface area (TPSA) is 84.5 Å². The van der Waals surface area contributed by atoms with Crippen LogP contribution < -0.4 is 10.6 Å². The molecule has 6 nitrogen and oxygen atoms in total. The molecule has 0 radical (unpaired) electrons. The van der Waals surface area contributed by atoms with E-state index in [4.69, 9.17) is 0 Å². The van der Waals surface area contributed by atoms with Crippen molar-refractivity contribution >= 4 is 23.5 Å². The third-order valence-electron chi connectivity index (χ3n) is 3.38. The number of amides is 2. The van der Waals surface area contributed by atoms with E-state index in [1.54, 1.807) is 54.6 Å². The summed E-state index contributed by atoms with van der Waals surface area (Å²) in [5.74, 6) is -0.989. The smallest absolute Gasteiger partial charge is 0.337 e. The molecule has 0 saturated heterocycles. The number of carbonyl (C=O) groups is 3. The fraction of sp³-hybridized carbons (Fsp3) is 0.105. The van der Waals surface area contributed by atoms with Crippen LogP contribution in [0, 0.1) is 0 Å². The van der Waals surface area contributed by atoms with Crippen molar-refractivity contribution in [3.05, 3.63) is 77.9 Å². The molecule has 0 unspecified atom stereocenters. The summed E-state index contributed by atoms with van der Waals surface area (Å²) in [6, 6.07) is 12.6. The zero-order chi connectivity index (χ0) is 18.2. The van der Waals surface area contributed by atoms with E-state index >= 15 is 0 Å². The molecule has 0 spiro atoms. The van der Waals surface area contributed by atoms with Gasteiger partial charge in [0.2, 0.25) is 0 Å². The number of ether oxygens (including phenoxy) is 1. The molecule has 0 bridgehead atoms. The fourth-order valence-electron chi connectivity index (χ4n) is 2.05. The molecule has 2 rings (SSSR count). The van der Waals surface area contributed by atoms with Crippen molar-refractivity contribution < 1.29 is 19.1 Å². The predicted octanol–water partition coefficient (Wildman–Crippen LogP) is 2.64. The van der Waals surface area contributed by atoms with E-state index in [1.165, 1.54) is 7.11 Å². The summed E-state index contributed by atoms with van der Waals surface area (Å²) in [4.78, 5) is 35.4. The van der Waals surface area contributed by atoms with Gasteiger partial charge < -0.3 is 15.4 Å². The van der Waals surface area contributed by atoms with Gasteiger partial charge in [-0.3, -0.25) is 9.59 Å². The fourth-order valence-corrected chi connectivity index (χ4v) is 2.05. The minimum atomic E-state index is -0.441. The molecule has 0 saturated carbocycles. The molecule has 128 valence electrons. The number of hydrogen-bond donors (Lipinski definition) is 2. The molecule has 2 aromatic rings. The summed E-state index contributed by atoms with van der Waals surface area (Å²) in [6.07, 6.45) is 1.59. The van der Waals surface area contributed by atoms with E-state index in [0.29, 0.717) is 28.9 Å². The largest absolute Gasteiger partial charge is 0.465 e. The lowest BCUT2D eigenvalue weighted by molar-refractivity contribution is 0.0600. The van der Waals surface area contributed by atoms with Gasteiger partial charge in [-0.1, -0.05) is 6.08 Å². The lowest BCUT2D eigenvalue weighted by Crippen LogP contribution is -2.23. The van der Waals surface area contributed by atoms with Gasteiger partial charge >= 0.3 is 5.97 Å². The standard InChI is InChI=1S/C19H18N2O4/c1-3-12-20-17(22)13-4-6-14(7-5-13)18(23)21-16-10-8-15(9-11-16)19(24)25-2/h3-11H,1,12H2,2H3,(H,20,22)(H,21,23). The maximum atomic E-state index is 12.2. The Morgan fingerprint density at radius 2 is 1.44 bits per heavy atom. The van der Waals surface area contributed by atoms with Crippen LogP contribution in [0.2, 0.25) is 0 Å². The second-order valence-corrected chi connectivity index (χ2v) is 5.10. The molecule has 6 heteroatoms. The van der Waals surface area contributed by atoms with Gasteiger partial charge in [-0.2, -0.15) is 0 Å². The summed E-state index contributed by atoms with van der Waals surface area (Å²) >= 11 is 0. The van der Waals surface area contributed by atoms with Crippen molar-refractivity contribution in [1.82, 2.24) is 5.32 Å².